The molecule has 0 spiro atoms. The Hall–Kier alpha value is -1.33. The zero-order valence-corrected chi connectivity index (χ0v) is 12.2. The number of nitrogens with one attached hydrogen (secondary N) is 1. The van der Waals surface area contributed by atoms with Crippen molar-refractivity contribution in [2.45, 2.75) is 6.92 Å². The number of carbonyl (C=O) groups excluding carboxylic acids is 1. The number of halogens is 2. The first-order valence-electron chi connectivity index (χ1n) is 5.25. The summed E-state index contributed by atoms with van der Waals surface area (Å²) in [6, 6.07) is 7.32. The average Bonchev–Trinajstić information content (AvgIpc) is 2.56. The number of nitrogens with zero attached hydrogens (tertiary/aromatic N) is 2. The number of amides is 1. The van der Waals surface area contributed by atoms with Crippen LogP contribution in [-0.4, -0.2) is 15.7 Å². The molecule has 1 aromatic heterocycles. The third-order valence-corrected chi connectivity index (χ3v) is 3.44. The van der Waals surface area contributed by atoms with E-state index in [2.05, 4.69) is 26.3 Å². The van der Waals surface area contributed by atoms with Gasteiger partial charge in [0.1, 0.15) is 5.15 Å². The average molecular weight is 329 g/mol. The quantitative estimate of drug-likeness (QED) is 0.918. The maximum atomic E-state index is 12.1. The fourth-order valence-electron chi connectivity index (χ4n) is 1.61. The van der Waals surface area contributed by atoms with Gasteiger partial charge in [-0.25, -0.2) is 0 Å². The zero-order chi connectivity index (χ0) is 13.3. The number of carbonyl (C=O) groups is 1. The van der Waals surface area contributed by atoms with Gasteiger partial charge in [-0.05, 0) is 31.2 Å². The molecule has 1 N–H and O–H groups in total. The first-order chi connectivity index (χ1) is 8.49. The van der Waals surface area contributed by atoms with Crippen LogP contribution >= 0.6 is 27.5 Å². The lowest BCUT2D eigenvalue weighted by Gasteiger charge is -2.05. The Morgan fingerprint density at radius 3 is 2.50 bits per heavy atom. The molecule has 0 atom stereocenters. The molecule has 0 aliphatic heterocycles. The van der Waals surface area contributed by atoms with Crippen molar-refractivity contribution in [1.29, 1.82) is 0 Å². The molecule has 94 valence electrons. The fraction of sp³-hybridized carbons (Fsp3) is 0.167. The van der Waals surface area contributed by atoms with E-state index in [0.717, 1.165) is 4.47 Å². The van der Waals surface area contributed by atoms with Crippen LogP contribution in [0.3, 0.4) is 0 Å². The van der Waals surface area contributed by atoms with E-state index in [1.807, 2.05) is 24.3 Å². The Labute approximate surface area is 118 Å². The molecule has 0 aliphatic carbocycles. The molecule has 2 rings (SSSR count). The summed E-state index contributed by atoms with van der Waals surface area (Å²) in [6.45, 7) is 1.75. The molecule has 1 amide bonds. The highest BCUT2D eigenvalue weighted by molar-refractivity contribution is 9.10. The molecule has 0 bridgehead atoms. The van der Waals surface area contributed by atoms with Crippen LogP contribution in [0.15, 0.2) is 28.7 Å². The summed E-state index contributed by atoms with van der Waals surface area (Å²) < 4.78 is 2.43. The summed E-state index contributed by atoms with van der Waals surface area (Å²) in [6.07, 6.45) is 0. The van der Waals surface area contributed by atoms with Gasteiger partial charge in [-0.15, -0.1) is 0 Å². The molecule has 0 radical (unpaired) electrons. The minimum absolute atomic E-state index is 0.257. The van der Waals surface area contributed by atoms with E-state index in [-0.39, 0.29) is 5.91 Å². The van der Waals surface area contributed by atoms with Crippen LogP contribution in [0.5, 0.6) is 0 Å². The second-order valence-corrected chi connectivity index (χ2v) is 5.11. The zero-order valence-electron chi connectivity index (χ0n) is 9.87. The van der Waals surface area contributed by atoms with Crippen LogP contribution in [0, 0.1) is 6.92 Å². The standard InChI is InChI=1S/C12H11BrClN3O/c1-7-10(11(14)17(2)16-7)12(18)15-9-5-3-8(13)4-6-9/h3-6H,1-2H3,(H,15,18). The van der Waals surface area contributed by atoms with E-state index in [1.165, 1.54) is 4.68 Å². The first-order valence-corrected chi connectivity index (χ1v) is 6.42. The molecular weight excluding hydrogens is 318 g/mol. The Balaban J connectivity index is 2.24. The summed E-state index contributed by atoms with van der Waals surface area (Å²) in [5.41, 5.74) is 1.72. The van der Waals surface area contributed by atoms with Crippen LogP contribution in [0.4, 0.5) is 5.69 Å². The van der Waals surface area contributed by atoms with Crippen molar-refractivity contribution in [3.8, 4) is 0 Å². The van der Waals surface area contributed by atoms with Crippen molar-refractivity contribution < 1.29 is 4.79 Å². The van der Waals surface area contributed by atoms with Gasteiger partial charge in [0, 0.05) is 17.2 Å². The van der Waals surface area contributed by atoms with Crippen molar-refractivity contribution in [3.05, 3.63) is 45.1 Å². The smallest absolute Gasteiger partial charge is 0.260 e. The monoisotopic (exact) mass is 327 g/mol. The number of rotatable bonds is 2. The van der Waals surface area contributed by atoms with E-state index in [4.69, 9.17) is 11.6 Å². The normalized spacial score (nSPS) is 10.4. The summed E-state index contributed by atoms with van der Waals surface area (Å²) in [4.78, 5) is 12.1. The first kappa shape index (κ1) is 13.1. The molecule has 4 nitrogen and oxygen atoms in total. The Bertz CT molecular complexity index is 592. The van der Waals surface area contributed by atoms with Gasteiger partial charge in [-0.1, -0.05) is 27.5 Å². The molecule has 1 aromatic carbocycles. The summed E-state index contributed by atoms with van der Waals surface area (Å²) >= 11 is 9.37. The summed E-state index contributed by atoms with van der Waals surface area (Å²) in [5, 5.41) is 7.22. The highest BCUT2D eigenvalue weighted by Crippen LogP contribution is 2.21. The molecule has 0 saturated heterocycles. The second-order valence-electron chi connectivity index (χ2n) is 3.84. The maximum absolute atomic E-state index is 12.1. The second kappa shape index (κ2) is 5.12. The van der Waals surface area contributed by atoms with Crippen molar-refractivity contribution >= 4 is 39.1 Å². The van der Waals surface area contributed by atoms with Crippen LogP contribution in [0.25, 0.3) is 0 Å². The van der Waals surface area contributed by atoms with Crippen molar-refractivity contribution in [1.82, 2.24) is 9.78 Å². The Morgan fingerprint density at radius 2 is 2.00 bits per heavy atom. The molecule has 0 aliphatic rings. The Morgan fingerprint density at radius 1 is 1.39 bits per heavy atom. The summed E-state index contributed by atoms with van der Waals surface area (Å²) in [7, 11) is 1.70. The van der Waals surface area contributed by atoms with Gasteiger partial charge in [-0.2, -0.15) is 5.10 Å². The molecule has 0 unspecified atom stereocenters. The summed E-state index contributed by atoms with van der Waals surface area (Å²) in [5.74, 6) is -0.257. The Kier molecular flexibility index (Phi) is 3.73. The SMILES string of the molecule is Cc1nn(C)c(Cl)c1C(=O)Nc1ccc(Br)cc1. The number of aryl methyl sites for hydroxylation is 2. The highest BCUT2D eigenvalue weighted by atomic mass is 79.9. The van der Waals surface area contributed by atoms with Gasteiger partial charge in [0.2, 0.25) is 0 Å². The molecule has 0 saturated carbocycles. The van der Waals surface area contributed by atoms with Crippen LogP contribution < -0.4 is 5.32 Å². The predicted octanol–water partition coefficient (Wildman–Crippen LogP) is 3.40. The lowest BCUT2D eigenvalue weighted by Crippen LogP contribution is -2.13. The molecule has 2 aromatic rings. The largest absolute Gasteiger partial charge is 0.322 e. The van der Waals surface area contributed by atoms with Crippen molar-refractivity contribution in [2.75, 3.05) is 5.32 Å². The molecular formula is C12H11BrClN3O. The fourth-order valence-corrected chi connectivity index (χ4v) is 2.14. The van der Waals surface area contributed by atoms with E-state index < -0.39 is 0 Å². The molecule has 6 heteroatoms. The highest BCUT2D eigenvalue weighted by Gasteiger charge is 2.18. The lowest BCUT2D eigenvalue weighted by atomic mass is 10.2. The van der Waals surface area contributed by atoms with Gasteiger partial charge >= 0.3 is 0 Å². The minimum Gasteiger partial charge on any atom is -0.322 e. The van der Waals surface area contributed by atoms with Crippen LogP contribution in [0.1, 0.15) is 16.1 Å². The number of aromatic nitrogens is 2. The van der Waals surface area contributed by atoms with E-state index in [9.17, 15) is 4.79 Å². The van der Waals surface area contributed by atoms with Gasteiger partial charge in [0.15, 0.2) is 0 Å². The van der Waals surface area contributed by atoms with Gasteiger partial charge in [0.25, 0.3) is 5.91 Å². The maximum Gasteiger partial charge on any atom is 0.260 e. The van der Waals surface area contributed by atoms with E-state index in [0.29, 0.717) is 22.1 Å². The molecule has 1 heterocycles. The number of hydrogen-bond donors (Lipinski definition) is 1. The van der Waals surface area contributed by atoms with Gasteiger partial charge < -0.3 is 5.32 Å². The van der Waals surface area contributed by atoms with Crippen molar-refractivity contribution in [3.63, 3.8) is 0 Å². The van der Waals surface area contributed by atoms with Crippen LogP contribution in [-0.2, 0) is 7.05 Å². The molecule has 0 fully saturated rings. The van der Waals surface area contributed by atoms with Gasteiger partial charge in [-0.3, -0.25) is 9.48 Å². The minimum atomic E-state index is -0.257. The lowest BCUT2D eigenvalue weighted by molar-refractivity contribution is 0.102. The third-order valence-electron chi connectivity index (χ3n) is 2.48. The number of benzene rings is 1. The van der Waals surface area contributed by atoms with E-state index >= 15 is 0 Å². The number of anilines is 1. The topological polar surface area (TPSA) is 46.9 Å². The van der Waals surface area contributed by atoms with Gasteiger partial charge in [0.05, 0.1) is 11.3 Å². The predicted molar refractivity (Wildman–Crippen MR) is 75.1 cm³/mol. The van der Waals surface area contributed by atoms with Crippen LogP contribution in [0.2, 0.25) is 5.15 Å². The molecule has 18 heavy (non-hydrogen) atoms. The van der Waals surface area contributed by atoms with Crippen molar-refractivity contribution in [2.24, 2.45) is 7.05 Å². The third kappa shape index (κ3) is 2.57. The number of hydrogen-bond acceptors (Lipinski definition) is 2. The van der Waals surface area contributed by atoms with E-state index in [1.54, 1.807) is 14.0 Å².